The molecule has 0 unspecified atom stereocenters. The number of benzene rings is 2. The highest BCUT2D eigenvalue weighted by atomic mass is 16.5. The number of carbonyl (C=O) groups excluding carboxylic acids is 1. The molecule has 0 fully saturated rings. The first-order chi connectivity index (χ1) is 12.7. The van der Waals surface area contributed by atoms with Crippen LogP contribution in [-0.4, -0.2) is 15.3 Å². The van der Waals surface area contributed by atoms with Crippen molar-refractivity contribution in [3.8, 4) is 11.5 Å². The maximum Gasteiger partial charge on any atom is 0.255 e. The summed E-state index contributed by atoms with van der Waals surface area (Å²) in [4.78, 5) is 16.9. The maximum atomic E-state index is 12.6. The molecule has 4 aromatic rings. The zero-order chi connectivity index (χ0) is 17.9. The summed E-state index contributed by atoms with van der Waals surface area (Å²) in [5, 5.41) is 2.91. The molecule has 0 saturated carbocycles. The zero-order valence-electron chi connectivity index (χ0n) is 14.2. The average molecular weight is 343 g/mol. The Morgan fingerprint density at radius 3 is 2.62 bits per heavy atom. The number of hydrogen-bond acceptors (Lipinski definition) is 3. The standard InChI is InChI=1S/C21H17N3O2/c1-15-13-24-14-17(10-11-20(24)22-15)23-21(25)16-6-5-9-19(12-16)26-18-7-3-2-4-8-18/h2-14H,1H3,(H,23,25). The summed E-state index contributed by atoms with van der Waals surface area (Å²) in [5.41, 5.74) is 3.01. The second-order valence-corrected chi connectivity index (χ2v) is 5.96. The summed E-state index contributed by atoms with van der Waals surface area (Å²) >= 11 is 0. The molecule has 5 nitrogen and oxygen atoms in total. The molecule has 2 aromatic heterocycles. The van der Waals surface area contributed by atoms with Gasteiger partial charge in [0.15, 0.2) is 0 Å². The highest BCUT2D eigenvalue weighted by Crippen LogP contribution is 2.22. The van der Waals surface area contributed by atoms with Crippen molar-refractivity contribution in [1.82, 2.24) is 9.38 Å². The first-order valence-electron chi connectivity index (χ1n) is 8.27. The van der Waals surface area contributed by atoms with Crippen LogP contribution in [0.1, 0.15) is 16.1 Å². The van der Waals surface area contributed by atoms with Crippen LogP contribution >= 0.6 is 0 Å². The van der Waals surface area contributed by atoms with Crippen LogP contribution in [0.4, 0.5) is 5.69 Å². The Kier molecular flexibility index (Phi) is 4.11. The fourth-order valence-electron chi connectivity index (χ4n) is 2.72. The Morgan fingerprint density at radius 1 is 0.962 bits per heavy atom. The minimum atomic E-state index is -0.195. The van der Waals surface area contributed by atoms with Gasteiger partial charge in [-0.3, -0.25) is 4.79 Å². The lowest BCUT2D eigenvalue weighted by molar-refractivity contribution is 0.102. The minimum Gasteiger partial charge on any atom is -0.457 e. The van der Waals surface area contributed by atoms with Gasteiger partial charge in [0.1, 0.15) is 17.1 Å². The van der Waals surface area contributed by atoms with Crippen molar-refractivity contribution in [3.63, 3.8) is 0 Å². The number of anilines is 1. The molecule has 0 aliphatic carbocycles. The number of para-hydroxylation sites is 1. The number of amides is 1. The van der Waals surface area contributed by atoms with Crippen LogP contribution in [0, 0.1) is 6.92 Å². The Hall–Kier alpha value is -3.60. The van der Waals surface area contributed by atoms with Gasteiger partial charge in [0.05, 0.1) is 11.4 Å². The van der Waals surface area contributed by atoms with Gasteiger partial charge in [-0.05, 0) is 49.4 Å². The summed E-state index contributed by atoms with van der Waals surface area (Å²) in [6, 6.07) is 20.3. The van der Waals surface area contributed by atoms with Crippen molar-refractivity contribution >= 4 is 17.2 Å². The Morgan fingerprint density at radius 2 is 1.77 bits per heavy atom. The number of hydrogen-bond donors (Lipinski definition) is 1. The molecule has 0 atom stereocenters. The molecule has 0 bridgehead atoms. The molecular formula is C21H17N3O2. The smallest absolute Gasteiger partial charge is 0.255 e. The van der Waals surface area contributed by atoms with E-state index in [4.69, 9.17) is 4.74 Å². The van der Waals surface area contributed by atoms with Crippen molar-refractivity contribution in [2.75, 3.05) is 5.32 Å². The third kappa shape index (κ3) is 3.42. The number of nitrogens with zero attached hydrogens (tertiary/aromatic N) is 2. The van der Waals surface area contributed by atoms with E-state index in [1.54, 1.807) is 18.2 Å². The molecular weight excluding hydrogens is 326 g/mol. The maximum absolute atomic E-state index is 12.6. The summed E-state index contributed by atoms with van der Waals surface area (Å²) in [6.07, 6.45) is 3.76. The van der Waals surface area contributed by atoms with Gasteiger partial charge in [-0.1, -0.05) is 24.3 Å². The van der Waals surface area contributed by atoms with Crippen LogP contribution in [-0.2, 0) is 0 Å². The minimum absolute atomic E-state index is 0.195. The molecule has 0 radical (unpaired) electrons. The lowest BCUT2D eigenvalue weighted by atomic mass is 10.2. The number of fused-ring (bicyclic) bond motifs is 1. The molecule has 0 saturated heterocycles. The fraction of sp³-hybridized carbons (Fsp3) is 0.0476. The number of rotatable bonds is 4. The topological polar surface area (TPSA) is 55.6 Å². The Labute approximate surface area is 150 Å². The first-order valence-corrected chi connectivity index (χ1v) is 8.27. The monoisotopic (exact) mass is 343 g/mol. The van der Waals surface area contributed by atoms with Crippen LogP contribution in [0.3, 0.4) is 0 Å². The molecule has 4 rings (SSSR count). The van der Waals surface area contributed by atoms with E-state index in [0.717, 1.165) is 17.1 Å². The molecule has 128 valence electrons. The van der Waals surface area contributed by atoms with Crippen molar-refractivity contribution in [2.24, 2.45) is 0 Å². The molecule has 1 N–H and O–H groups in total. The van der Waals surface area contributed by atoms with E-state index >= 15 is 0 Å². The third-order valence-electron chi connectivity index (χ3n) is 3.90. The van der Waals surface area contributed by atoms with E-state index in [0.29, 0.717) is 17.0 Å². The number of pyridine rings is 1. The van der Waals surface area contributed by atoms with Gasteiger partial charge < -0.3 is 14.5 Å². The number of ether oxygens (including phenoxy) is 1. The highest BCUT2D eigenvalue weighted by Gasteiger charge is 2.09. The first kappa shape index (κ1) is 15.9. The highest BCUT2D eigenvalue weighted by molar-refractivity contribution is 6.04. The van der Waals surface area contributed by atoms with Crippen LogP contribution in [0.2, 0.25) is 0 Å². The van der Waals surface area contributed by atoms with E-state index in [1.165, 1.54) is 0 Å². The molecule has 26 heavy (non-hydrogen) atoms. The normalized spacial score (nSPS) is 10.7. The zero-order valence-corrected chi connectivity index (χ0v) is 14.2. The van der Waals surface area contributed by atoms with Crippen molar-refractivity contribution in [2.45, 2.75) is 6.92 Å². The van der Waals surface area contributed by atoms with Gasteiger partial charge in [0, 0.05) is 18.0 Å². The van der Waals surface area contributed by atoms with Gasteiger partial charge in [-0.15, -0.1) is 0 Å². The number of imidazole rings is 1. The lowest BCUT2D eigenvalue weighted by Gasteiger charge is -2.09. The molecule has 5 heteroatoms. The molecule has 0 aliphatic rings. The van der Waals surface area contributed by atoms with Gasteiger partial charge >= 0.3 is 0 Å². The summed E-state index contributed by atoms with van der Waals surface area (Å²) in [7, 11) is 0. The van der Waals surface area contributed by atoms with Crippen molar-refractivity contribution in [1.29, 1.82) is 0 Å². The van der Waals surface area contributed by atoms with Crippen molar-refractivity contribution in [3.05, 3.63) is 90.4 Å². The second-order valence-electron chi connectivity index (χ2n) is 5.96. The second kappa shape index (κ2) is 6.72. The van der Waals surface area contributed by atoms with E-state index < -0.39 is 0 Å². The number of carbonyl (C=O) groups is 1. The number of nitrogens with one attached hydrogen (secondary N) is 1. The van der Waals surface area contributed by atoms with Crippen LogP contribution in [0.25, 0.3) is 5.65 Å². The predicted molar refractivity (Wildman–Crippen MR) is 101 cm³/mol. The van der Waals surface area contributed by atoms with Crippen molar-refractivity contribution < 1.29 is 9.53 Å². The molecule has 0 aliphatic heterocycles. The Bertz CT molecular complexity index is 1070. The van der Waals surface area contributed by atoms with Crippen LogP contribution in [0.15, 0.2) is 79.1 Å². The fourth-order valence-corrected chi connectivity index (χ4v) is 2.72. The largest absolute Gasteiger partial charge is 0.457 e. The Balaban J connectivity index is 1.52. The molecule has 0 spiro atoms. The van der Waals surface area contributed by atoms with Gasteiger partial charge in [0.25, 0.3) is 5.91 Å². The molecule has 2 heterocycles. The van der Waals surface area contributed by atoms with E-state index in [-0.39, 0.29) is 5.91 Å². The quantitative estimate of drug-likeness (QED) is 0.585. The average Bonchev–Trinajstić information content (AvgIpc) is 3.02. The lowest BCUT2D eigenvalue weighted by Crippen LogP contribution is -2.12. The van der Waals surface area contributed by atoms with Gasteiger partial charge in [0.2, 0.25) is 0 Å². The molecule has 1 amide bonds. The predicted octanol–water partition coefficient (Wildman–Crippen LogP) is 4.69. The van der Waals surface area contributed by atoms with Crippen LogP contribution < -0.4 is 10.1 Å². The summed E-state index contributed by atoms with van der Waals surface area (Å²) in [6.45, 7) is 1.93. The number of aromatic nitrogens is 2. The number of aryl methyl sites for hydroxylation is 1. The van der Waals surface area contributed by atoms with Gasteiger partial charge in [-0.2, -0.15) is 0 Å². The van der Waals surface area contributed by atoms with E-state index in [2.05, 4.69) is 10.3 Å². The van der Waals surface area contributed by atoms with Crippen LogP contribution in [0.5, 0.6) is 11.5 Å². The SMILES string of the molecule is Cc1cn2cc(NC(=O)c3cccc(Oc4ccccc4)c3)ccc2n1. The van der Waals surface area contributed by atoms with E-state index in [1.807, 2.05) is 72.2 Å². The summed E-state index contributed by atoms with van der Waals surface area (Å²) in [5.74, 6) is 1.15. The van der Waals surface area contributed by atoms with Gasteiger partial charge in [-0.25, -0.2) is 4.98 Å². The molecule has 2 aromatic carbocycles. The van der Waals surface area contributed by atoms with E-state index in [9.17, 15) is 4.79 Å². The third-order valence-corrected chi connectivity index (χ3v) is 3.90. The summed E-state index contributed by atoms with van der Waals surface area (Å²) < 4.78 is 7.68.